The van der Waals surface area contributed by atoms with E-state index in [1.807, 2.05) is 41.5 Å². The van der Waals surface area contributed by atoms with Crippen molar-refractivity contribution in [2.24, 2.45) is 0 Å². The lowest BCUT2D eigenvalue weighted by Gasteiger charge is -2.32. The van der Waals surface area contributed by atoms with Crippen LogP contribution in [0.25, 0.3) is 0 Å². The van der Waals surface area contributed by atoms with E-state index in [1.54, 1.807) is 0 Å². The molecule has 5 nitrogen and oxygen atoms in total. The fourth-order valence-corrected chi connectivity index (χ4v) is 6.60. The fraction of sp³-hybridized carbons (Fsp3) is 0.964. The molecule has 0 aromatic rings. The highest BCUT2D eigenvalue weighted by Gasteiger charge is 2.34. The number of unbranched alkanes of at least 4 members (excludes halogenated alkanes) is 15. The lowest BCUT2D eigenvalue weighted by atomic mass is 10.0. The van der Waals surface area contributed by atoms with Gasteiger partial charge >= 0.3 is 13.6 Å². The molecule has 0 saturated carbocycles. The zero-order valence-electron chi connectivity index (χ0n) is 23.7. The minimum atomic E-state index is -3.07. The van der Waals surface area contributed by atoms with Gasteiger partial charge in [0.05, 0.1) is 24.5 Å². The molecular weight excluding hydrogens is 447 g/mol. The van der Waals surface area contributed by atoms with Crippen LogP contribution in [0.4, 0.5) is 0 Å². The third kappa shape index (κ3) is 23.4. The van der Waals surface area contributed by atoms with Crippen LogP contribution in [0.5, 0.6) is 0 Å². The molecule has 0 aliphatic heterocycles. The van der Waals surface area contributed by atoms with Gasteiger partial charge in [0, 0.05) is 6.42 Å². The summed E-state index contributed by atoms with van der Waals surface area (Å²) >= 11 is 0. The SMILES string of the molecule is COC(=O)CCCCCCCCCCCCCCCCCCP(=O)(OC(C)(C)C)OC(C)(C)C. The maximum absolute atomic E-state index is 13.2. The van der Waals surface area contributed by atoms with Crippen molar-refractivity contribution in [3.63, 3.8) is 0 Å². The van der Waals surface area contributed by atoms with Crippen molar-refractivity contribution in [3.05, 3.63) is 0 Å². The maximum atomic E-state index is 13.2. The van der Waals surface area contributed by atoms with Crippen LogP contribution in [-0.2, 0) is 23.1 Å². The van der Waals surface area contributed by atoms with Crippen LogP contribution in [0.15, 0.2) is 0 Å². The Morgan fingerprint density at radius 3 is 1.15 bits per heavy atom. The molecule has 34 heavy (non-hydrogen) atoms. The van der Waals surface area contributed by atoms with Crippen LogP contribution in [-0.4, -0.2) is 30.4 Å². The van der Waals surface area contributed by atoms with Crippen LogP contribution in [0, 0.1) is 0 Å². The number of hydrogen-bond donors (Lipinski definition) is 0. The number of rotatable bonds is 21. The molecule has 0 spiro atoms. The predicted octanol–water partition coefficient (Wildman–Crippen LogP) is 9.61. The number of ether oxygens (including phenoxy) is 1. The molecule has 0 amide bonds. The Morgan fingerprint density at radius 1 is 0.559 bits per heavy atom. The molecule has 0 aromatic carbocycles. The molecule has 0 saturated heterocycles. The molecule has 0 aliphatic rings. The minimum absolute atomic E-state index is 0.0834. The second kappa shape index (κ2) is 18.8. The van der Waals surface area contributed by atoms with Crippen LogP contribution < -0.4 is 0 Å². The lowest BCUT2D eigenvalue weighted by molar-refractivity contribution is -0.140. The zero-order valence-corrected chi connectivity index (χ0v) is 24.6. The number of methoxy groups -OCH3 is 1. The standard InChI is InChI=1S/C28H57O5P/c1-27(2,3)32-34(30,33-28(4,5)6)25-23-21-19-17-15-13-11-9-8-10-12-14-16-18-20-22-24-26(29)31-7/h8-25H2,1-7H3. The molecule has 0 N–H and O–H groups in total. The minimum Gasteiger partial charge on any atom is -0.469 e. The summed E-state index contributed by atoms with van der Waals surface area (Å²) in [6.45, 7) is 11.6. The molecular formula is C28H57O5P. The van der Waals surface area contributed by atoms with Crippen LogP contribution >= 0.6 is 7.60 Å². The molecule has 204 valence electrons. The van der Waals surface area contributed by atoms with Gasteiger partial charge in [0.2, 0.25) is 0 Å². The summed E-state index contributed by atoms with van der Waals surface area (Å²) < 4.78 is 29.6. The van der Waals surface area contributed by atoms with E-state index in [0.29, 0.717) is 12.6 Å². The number of carbonyl (C=O) groups excluding carboxylic acids is 1. The highest BCUT2D eigenvalue weighted by atomic mass is 31.2. The summed E-state index contributed by atoms with van der Waals surface area (Å²) in [7, 11) is -1.62. The Labute approximate surface area is 212 Å². The van der Waals surface area contributed by atoms with Gasteiger partial charge in [0.25, 0.3) is 0 Å². The van der Waals surface area contributed by atoms with E-state index < -0.39 is 18.8 Å². The van der Waals surface area contributed by atoms with Crippen molar-refractivity contribution in [1.82, 2.24) is 0 Å². The average molecular weight is 505 g/mol. The van der Waals surface area contributed by atoms with E-state index in [0.717, 1.165) is 25.7 Å². The van der Waals surface area contributed by atoms with Gasteiger partial charge in [0.15, 0.2) is 0 Å². The van der Waals surface area contributed by atoms with Crippen LogP contribution in [0.2, 0.25) is 0 Å². The van der Waals surface area contributed by atoms with E-state index in [1.165, 1.54) is 84.2 Å². The van der Waals surface area contributed by atoms with Gasteiger partial charge in [-0.2, -0.15) is 0 Å². The highest BCUT2D eigenvalue weighted by Crippen LogP contribution is 2.55. The molecule has 0 rings (SSSR count). The van der Waals surface area contributed by atoms with E-state index in [9.17, 15) is 9.36 Å². The number of carbonyl (C=O) groups is 1. The first-order valence-electron chi connectivity index (χ1n) is 13.9. The van der Waals surface area contributed by atoms with Gasteiger partial charge < -0.3 is 13.8 Å². The van der Waals surface area contributed by atoms with Crippen molar-refractivity contribution >= 4 is 13.6 Å². The lowest BCUT2D eigenvalue weighted by Crippen LogP contribution is -2.24. The Morgan fingerprint density at radius 2 is 0.853 bits per heavy atom. The monoisotopic (exact) mass is 504 g/mol. The van der Waals surface area contributed by atoms with Crippen molar-refractivity contribution in [2.75, 3.05) is 13.3 Å². The Bertz CT molecular complexity index is 528. The normalized spacial score (nSPS) is 12.8. The van der Waals surface area contributed by atoms with Crippen molar-refractivity contribution in [3.8, 4) is 0 Å². The van der Waals surface area contributed by atoms with Crippen molar-refractivity contribution in [2.45, 2.75) is 162 Å². The topological polar surface area (TPSA) is 61.8 Å². The molecule has 0 radical (unpaired) electrons. The van der Waals surface area contributed by atoms with Gasteiger partial charge in [0.1, 0.15) is 0 Å². The predicted molar refractivity (Wildman–Crippen MR) is 145 cm³/mol. The molecule has 0 bridgehead atoms. The van der Waals surface area contributed by atoms with E-state index in [4.69, 9.17) is 9.05 Å². The van der Waals surface area contributed by atoms with E-state index in [2.05, 4.69) is 4.74 Å². The second-order valence-electron chi connectivity index (χ2n) is 11.7. The second-order valence-corrected chi connectivity index (χ2v) is 13.8. The molecule has 0 fully saturated rings. The van der Waals surface area contributed by atoms with Crippen LogP contribution in [0.1, 0.15) is 151 Å². The summed E-state index contributed by atoms with van der Waals surface area (Å²) in [5.74, 6) is -0.0834. The highest BCUT2D eigenvalue weighted by molar-refractivity contribution is 7.53. The maximum Gasteiger partial charge on any atom is 0.331 e. The summed E-state index contributed by atoms with van der Waals surface area (Å²) in [5, 5.41) is 0. The third-order valence-electron chi connectivity index (χ3n) is 5.62. The fourth-order valence-electron chi connectivity index (χ4n) is 4.10. The molecule has 0 heterocycles. The summed E-state index contributed by atoms with van der Waals surface area (Å²) in [5.41, 5.74) is -0.929. The van der Waals surface area contributed by atoms with Gasteiger partial charge in [-0.05, 0) is 54.4 Å². The van der Waals surface area contributed by atoms with E-state index in [-0.39, 0.29) is 5.97 Å². The summed E-state index contributed by atoms with van der Waals surface area (Å²) in [6.07, 6.45) is 20.9. The quantitative estimate of drug-likeness (QED) is 0.0884. The van der Waals surface area contributed by atoms with Crippen LogP contribution in [0.3, 0.4) is 0 Å². The Balaban J connectivity index is 3.57. The van der Waals surface area contributed by atoms with Gasteiger partial charge in [-0.25, -0.2) is 0 Å². The first kappa shape index (κ1) is 33.6. The van der Waals surface area contributed by atoms with E-state index >= 15 is 0 Å². The summed E-state index contributed by atoms with van der Waals surface area (Å²) in [6, 6.07) is 0. The molecule has 6 heteroatoms. The molecule has 0 aromatic heterocycles. The molecule has 0 atom stereocenters. The van der Waals surface area contributed by atoms with Gasteiger partial charge in [-0.1, -0.05) is 89.9 Å². The first-order valence-corrected chi connectivity index (χ1v) is 15.7. The van der Waals surface area contributed by atoms with Crippen molar-refractivity contribution in [1.29, 1.82) is 0 Å². The third-order valence-corrected chi connectivity index (χ3v) is 8.13. The smallest absolute Gasteiger partial charge is 0.331 e. The number of hydrogen-bond acceptors (Lipinski definition) is 5. The first-order chi connectivity index (χ1) is 15.9. The number of esters is 1. The van der Waals surface area contributed by atoms with Gasteiger partial charge in [-0.3, -0.25) is 9.36 Å². The Hall–Kier alpha value is -0.380. The Kier molecular flexibility index (Phi) is 18.6. The summed E-state index contributed by atoms with van der Waals surface area (Å²) in [4.78, 5) is 11.0. The zero-order chi connectivity index (χ0) is 25.9. The van der Waals surface area contributed by atoms with Gasteiger partial charge in [-0.15, -0.1) is 0 Å². The largest absolute Gasteiger partial charge is 0.469 e. The molecule has 0 aliphatic carbocycles. The average Bonchev–Trinajstić information content (AvgIpc) is 2.69. The van der Waals surface area contributed by atoms with Crippen molar-refractivity contribution < 1.29 is 23.1 Å². The molecule has 0 unspecified atom stereocenters.